The monoisotopic (exact) mass is 533 g/mol. The molecule has 1 unspecified atom stereocenters. The van der Waals surface area contributed by atoms with E-state index in [1.54, 1.807) is 12.1 Å². The molecule has 2 atom stereocenters. The lowest BCUT2D eigenvalue weighted by Crippen LogP contribution is -2.53. The average Bonchev–Trinajstić information content (AvgIpc) is 3.29. The normalized spacial score (nSPS) is 16.0. The van der Waals surface area contributed by atoms with Gasteiger partial charge in [0.15, 0.2) is 0 Å². The number of anilines is 1. The van der Waals surface area contributed by atoms with Crippen LogP contribution in [0.1, 0.15) is 48.1 Å². The third kappa shape index (κ3) is 5.26. The van der Waals surface area contributed by atoms with E-state index in [-0.39, 0.29) is 23.9 Å². The van der Waals surface area contributed by atoms with Gasteiger partial charge in [-0.25, -0.2) is 8.78 Å². The van der Waals surface area contributed by atoms with Crippen molar-refractivity contribution in [2.24, 2.45) is 5.92 Å². The maximum absolute atomic E-state index is 15.7. The molecule has 1 aromatic heterocycles. The zero-order valence-electron chi connectivity index (χ0n) is 20.9. The second kappa shape index (κ2) is 10.2. The molecule has 0 bridgehead atoms. The number of hydrogen-bond donors (Lipinski definition) is 1. The Hall–Kier alpha value is -3.80. The maximum atomic E-state index is 15.7. The van der Waals surface area contributed by atoms with Crippen molar-refractivity contribution < 1.29 is 13.2 Å². The predicted octanol–water partition coefficient (Wildman–Crippen LogP) is 6.54. The summed E-state index contributed by atoms with van der Waals surface area (Å²) in [5.41, 5.74) is 7.32. The summed E-state index contributed by atoms with van der Waals surface area (Å²) in [6.45, 7) is 4.17. The quantitative estimate of drug-likeness (QED) is 0.290. The third-order valence-corrected chi connectivity index (χ3v) is 7.25. The third-order valence-electron chi connectivity index (χ3n) is 7.00. The number of nitrogen functional groups attached to an aromatic ring is 1. The number of nitriles is 1. The van der Waals surface area contributed by atoms with Gasteiger partial charge < -0.3 is 10.2 Å². The molecule has 0 saturated carbocycles. The van der Waals surface area contributed by atoms with Gasteiger partial charge in [0.25, 0.3) is 0 Å². The van der Waals surface area contributed by atoms with Crippen molar-refractivity contribution in [1.82, 2.24) is 15.1 Å². The fraction of sp³-hybridized carbons (Fsp3) is 0.276. The number of aromatic nitrogens is 2. The largest absolute Gasteiger partial charge is 0.404 e. The molecule has 0 aliphatic carbocycles. The summed E-state index contributed by atoms with van der Waals surface area (Å²) in [6.07, 6.45) is 0. The van der Waals surface area contributed by atoms with Crippen molar-refractivity contribution in [2.75, 3.05) is 18.8 Å². The number of hydrogen-bond acceptors (Lipinski definition) is 6. The van der Waals surface area contributed by atoms with Crippen LogP contribution in [0.5, 0.6) is 0 Å². The highest BCUT2D eigenvalue weighted by atomic mass is 35.5. The summed E-state index contributed by atoms with van der Waals surface area (Å²) in [5.74, 6) is -1.13. The first-order valence-corrected chi connectivity index (χ1v) is 12.6. The first-order valence-electron chi connectivity index (χ1n) is 12.2. The molecule has 1 aliphatic heterocycles. The van der Waals surface area contributed by atoms with Crippen molar-refractivity contribution in [2.45, 2.75) is 31.5 Å². The lowest BCUT2D eigenvalue weighted by molar-refractivity contribution is 0.00814. The number of likely N-dealkylation sites (tertiary alicyclic amines) is 1. The van der Waals surface area contributed by atoms with Crippen LogP contribution in [0, 0.1) is 23.1 Å². The first-order chi connectivity index (χ1) is 18.1. The zero-order chi connectivity index (χ0) is 27.0. The van der Waals surface area contributed by atoms with E-state index in [4.69, 9.17) is 21.8 Å². The second-order valence-corrected chi connectivity index (χ2v) is 10.6. The fourth-order valence-electron chi connectivity index (χ4n) is 5.50. The van der Waals surface area contributed by atoms with Crippen LogP contribution in [-0.4, -0.2) is 33.9 Å². The van der Waals surface area contributed by atoms with E-state index in [0.29, 0.717) is 34.8 Å². The molecule has 2 heterocycles. The Morgan fingerprint density at radius 3 is 2.42 bits per heavy atom. The second-order valence-electron chi connectivity index (χ2n) is 10.2. The Bertz CT molecular complexity index is 1490. The molecule has 9 heteroatoms. The maximum Gasteiger partial charge on any atom is 0.313 e. The Balaban J connectivity index is 1.47. The smallest absolute Gasteiger partial charge is 0.313 e. The van der Waals surface area contributed by atoms with E-state index in [1.165, 1.54) is 26.0 Å². The zero-order valence-corrected chi connectivity index (χ0v) is 21.7. The van der Waals surface area contributed by atoms with Crippen LogP contribution < -0.4 is 5.73 Å². The summed E-state index contributed by atoms with van der Waals surface area (Å²) < 4.78 is 35.7. The molecule has 2 N–H and O–H groups in total. The minimum atomic E-state index is -1.63. The van der Waals surface area contributed by atoms with Crippen molar-refractivity contribution in [3.63, 3.8) is 0 Å². The summed E-state index contributed by atoms with van der Waals surface area (Å²) >= 11 is 6.14. The molecular formula is C29H26ClF2N5O. The van der Waals surface area contributed by atoms with Gasteiger partial charge in [-0.05, 0) is 78.9 Å². The molecule has 5 rings (SSSR count). The molecule has 0 amide bonds. The molecule has 194 valence electrons. The highest BCUT2D eigenvalue weighted by Crippen LogP contribution is 2.46. The average molecular weight is 534 g/mol. The summed E-state index contributed by atoms with van der Waals surface area (Å²) in [5, 5.41) is 17.6. The Labute approximate surface area is 224 Å². The van der Waals surface area contributed by atoms with Gasteiger partial charge in [-0.1, -0.05) is 41.0 Å². The summed E-state index contributed by atoms with van der Waals surface area (Å²) in [6, 6.07) is 21.3. The standard InChI is InChI=1S/C29H26ClF2N5O/c1-29(2,32)25(20-11-21(13-24(31)12-20)27-35-36-28(34)38-27)22-15-37(16-22)26(18-6-8-23(30)9-7-18)19-5-3-4-17(10-19)14-33/h3-13,22,25-26H,15-16H2,1-2H3,(H2,34,36)/t25-,26?/m1/s1. The molecule has 0 radical (unpaired) electrons. The Kier molecular flexibility index (Phi) is 6.91. The van der Waals surface area contributed by atoms with Crippen molar-refractivity contribution >= 4 is 17.6 Å². The topological polar surface area (TPSA) is 92.0 Å². The van der Waals surface area contributed by atoms with Crippen LogP contribution in [-0.2, 0) is 0 Å². The number of nitrogens with zero attached hydrogens (tertiary/aromatic N) is 4. The van der Waals surface area contributed by atoms with Gasteiger partial charge in [-0.3, -0.25) is 4.90 Å². The number of alkyl halides is 1. The van der Waals surface area contributed by atoms with E-state index in [9.17, 15) is 9.65 Å². The van der Waals surface area contributed by atoms with E-state index in [0.717, 1.165) is 11.1 Å². The summed E-state index contributed by atoms with van der Waals surface area (Å²) in [4.78, 5) is 2.24. The minimum Gasteiger partial charge on any atom is -0.404 e. The fourth-order valence-corrected chi connectivity index (χ4v) is 5.63. The van der Waals surface area contributed by atoms with Gasteiger partial charge in [0.1, 0.15) is 11.5 Å². The van der Waals surface area contributed by atoms with Gasteiger partial charge in [-0.2, -0.15) is 5.26 Å². The van der Waals surface area contributed by atoms with E-state index < -0.39 is 17.4 Å². The van der Waals surface area contributed by atoms with Crippen LogP contribution in [0.2, 0.25) is 5.02 Å². The van der Waals surface area contributed by atoms with Crippen LogP contribution >= 0.6 is 11.6 Å². The Morgan fingerprint density at radius 1 is 1.05 bits per heavy atom. The summed E-state index contributed by atoms with van der Waals surface area (Å²) in [7, 11) is 0. The molecule has 1 fully saturated rings. The van der Waals surface area contributed by atoms with Crippen LogP contribution in [0.25, 0.3) is 11.5 Å². The molecule has 0 spiro atoms. The first kappa shape index (κ1) is 25.8. The molecule has 1 aliphatic rings. The van der Waals surface area contributed by atoms with Crippen LogP contribution in [0.15, 0.2) is 71.1 Å². The van der Waals surface area contributed by atoms with Gasteiger partial charge in [-0.15, -0.1) is 5.10 Å². The van der Waals surface area contributed by atoms with Gasteiger partial charge in [0, 0.05) is 29.6 Å². The Morgan fingerprint density at radius 2 is 1.79 bits per heavy atom. The highest BCUT2D eigenvalue weighted by molar-refractivity contribution is 6.30. The van der Waals surface area contributed by atoms with Crippen LogP contribution in [0.3, 0.4) is 0 Å². The minimum absolute atomic E-state index is 0.0778. The predicted molar refractivity (Wildman–Crippen MR) is 142 cm³/mol. The molecule has 38 heavy (non-hydrogen) atoms. The molecule has 1 saturated heterocycles. The lowest BCUT2D eigenvalue weighted by Gasteiger charge is -2.50. The van der Waals surface area contributed by atoms with E-state index >= 15 is 4.39 Å². The molecule has 6 nitrogen and oxygen atoms in total. The number of rotatable bonds is 7. The van der Waals surface area contributed by atoms with Gasteiger partial charge in [0.2, 0.25) is 5.89 Å². The SMILES string of the molecule is CC(C)(F)[C@H](c1cc(F)cc(-c2nnc(N)o2)c1)C1CN(C(c2ccc(Cl)cc2)c2cccc(C#N)c2)C1. The number of benzene rings is 3. The van der Waals surface area contributed by atoms with E-state index in [1.807, 2.05) is 42.5 Å². The lowest BCUT2D eigenvalue weighted by atomic mass is 9.72. The number of nitrogens with two attached hydrogens (primary N) is 1. The van der Waals surface area contributed by atoms with Crippen molar-refractivity contribution in [3.8, 4) is 17.5 Å². The van der Waals surface area contributed by atoms with Crippen molar-refractivity contribution in [3.05, 3.63) is 99.8 Å². The molecular weight excluding hydrogens is 508 g/mol. The molecule has 3 aromatic carbocycles. The van der Waals surface area contributed by atoms with Gasteiger partial charge in [0.05, 0.1) is 17.7 Å². The molecule has 4 aromatic rings. The van der Waals surface area contributed by atoms with Crippen LogP contribution in [0.4, 0.5) is 14.8 Å². The van der Waals surface area contributed by atoms with Crippen molar-refractivity contribution in [1.29, 1.82) is 5.26 Å². The van der Waals surface area contributed by atoms with Gasteiger partial charge >= 0.3 is 6.01 Å². The van der Waals surface area contributed by atoms with E-state index in [2.05, 4.69) is 21.2 Å². The number of halogens is 3. The highest BCUT2D eigenvalue weighted by Gasteiger charge is 2.45.